The molecule has 0 aromatic heterocycles. The molecule has 0 heterocycles. The molecule has 0 bridgehead atoms. The third-order valence-electron chi connectivity index (χ3n) is 3.37. The highest BCUT2D eigenvalue weighted by molar-refractivity contribution is 6.74. The van der Waals surface area contributed by atoms with E-state index in [1.165, 1.54) is 5.56 Å². The number of benzene rings is 1. The summed E-state index contributed by atoms with van der Waals surface area (Å²) in [6, 6.07) is 10.4. The van der Waals surface area contributed by atoms with E-state index in [1.54, 1.807) is 0 Å². The Kier molecular flexibility index (Phi) is 4.33. The fourth-order valence-corrected chi connectivity index (χ4v) is 2.08. The first-order valence-electron chi connectivity index (χ1n) is 5.85. The van der Waals surface area contributed by atoms with Crippen LogP contribution in [0.1, 0.15) is 26.3 Å². The molecular formula is C14H23OSi. The monoisotopic (exact) mass is 235 g/mol. The van der Waals surface area contributed by atoms with E-state index in [0.717, 1.165) is 6.61 Å². The van der Waals surface area contributed by atoms with Gasteiger partial charge in [-0.15, -0.1) is 0 Å². The molecule has 1 nitrogen and oxygen atoms in total. The Balaban J connectivity index is 2.42. The molecule has 0 amide bonds. The molecule has 0 fully saturated rings. The van der Waals surface area contributed by atoms with Crippen LogP contribution in [0.25, 0.3) is 0 Å². The third kappa shape index (κ3) is 3.76. The van der Waals surface area contributed by atoms with E-state index in [0.29, 0.717) is 0 Å². The summed E-state index contributed by atoms with van der Waals surface area (Å²) in [4.78, 5) is 0. The first-order valence-corrected chi connectivity index (χ1v) is 8.76. The fourth-order valence-electron chi connectivity index (χ4n) is 1.15. The summed E-state index contributed by atoms with van der Waals surface area (Å²) in [7, 11) is -1.59. The van der Waals surface area contributed by atoms with Crippen molar-refractivity contribution in [1.29, 1.82) is 0 Å². The third-order valence-corrected chi connectivity index (χ3v) is 7.87. The molecule has 0 saturated carbocycles. The average Bonchev–Trinajstić information content (AvgIpc) is 2.17. The van der Waals surface area contributed by atoms with Crippen LogP contribution in [0.15, 0.2) is 30.3 Å². The van der Waals surface area contributed by atoms with E-state index in [-0.39, 0.29) is 5.04 Å². The van der Waals surface area contributed by atoms with Crippen molar-refractivity contribution < 1.29 is 4.43 Å². The van der Waals surface area contributed by atoms with Gasteiger partial charge in [0.25, 0.3) is 0 Å². The second kappa shape index (κ2) is 5.15. The molecule has 89 valence electrons. The molecule has 0 aliphatic heterocycles. The standard InChI is InChI=1S/C14H23OSi/c1-14(2,3)16(4,5)15-12-11-13-9-7-6-8-10-13/h6-11H,12H2,1-5H3. The Labute approximate surface area is 101 Å². The summed E-state index contributed by atoms with van der Waals surface area (Å²) >= 11 is 0. The Hall–Kier alpha value is -0.603. The largest absolute Gasteiger partial charge is 0.416 e. The number of hydrogen-bond acceptors (Lipinski definition) is 1. The van der Waals surface area contributed by atoms with Crippen molar-refractivity contribution in [3.05, 3.63) is 42.3 Å². The molecule has 1 aromatic rings. The van der Waals surface area contributed by atoms with Crippen LogP contribution in [0.4, 0.5) is 0 Å². The normalized spacial score (nSPS) is 12.8. The predicted octanol–water partition coefficient (Wildman–Crippen LogP) is 4.26. The first kappa shape index (κ1) is 13.5. The lowest BCUT2D eigenvalue weighted by atomic mass is 10.2. The van der Waals surface area contributed by atoms with Gasteiger partial charge in [-0.25, -0.2) is 0 Å². The lowest BCUT2D eigenvalue weighted by Crippen LogP contribution is -2.41. The maximum absolute atomic E-state index is 6.08. The average molecular weight is 235 g/mol. The maximum Gasteiger partial charge on any atom is 0.192 e. The van der Waals surface area contributed by atoms with Crippen LogP contribution in [0, 0.1) is 6.42 Å². The van der Waals surface area contributed by atoms with Crippen LogP contribution in [-0.4, -0.2) is 14.9 Å². The first-order chi connectivity index (χ1) is 7.33. The molecule has 1 radical (unpaired) electrons. The van der Waals surface area contributed by atoms with Crippen LogP contribution in [0.2, 0.25) is 18.1 Å². The SMILES string of the molecule is CC(C)(C)[Si](C)(C)OC[CH]c1ccccc1. The van der Waals surface area contributed by atoms with E-state index in [9.17, 15) is 0 Å². The van der Waals surface area contributed by atoms with Gasteiger partial charge < -0.3 is 4.43 Å². The van der Waals surface area contributed by atoms with Crippen molar-refractivity contribution in [2.45, 2.75) is 38.9 Å². The van der Waals surface area contributed by atoms with Crippen molar-refractivity contribution in [3.63, 3.8) is 0 Å². The second-order valence-electron chi connectivity index (χ2n) is 5.69. The highest BCUT2D eigenvalue weighted by Crippen LogP contribution is 2.36. The van der Waals surface area contributed by atoms with Crippen molar-refractivity contribution in [2.24, 2.45) is 0 Å². The van der Waals surface area contributed by atoms with Gasteiger partial charge >= 0.3 is 0 Å². The van der Waals surface area contributed by atoms with Gasteiger partial charge in [0.05, 0.1) is 0 Å². The van der Waals surface area contributed by atoms with E-state index in [1.807, 2.05) is 6.07 Å². The van der Waals surface area contributed by atoms with Crippen molar-refractivity contribution >= 4 is 8.32 Å². The van der Waals surface area contributed by atoms with Gasteiger partial charge in [0.15, 0.2) is 8.32 Å². The molecule has 1 rings (SSSR count). The van der Waals surface area contributed by atoms with E-state index in [2.05, 4.69) is 64.6 Å². The fraction of sp³-hybridized carbons (Fsp3) is 0.500. The molecule has 0 spiro atoms. The Morgan fingerprint density at radius 2 is 1.69 bits per heavy atom. The molecule has 0 aliphatic rings. The van der Waals surface area contributed by atoms with Crippen molar-refractivity contribution in [2.75, 3.05) is 6.61 Å². The van der Waals surface area contributed by atoms with Crippen LogP contribution in [-0.2, 0) is 4.43 Å². The lowest BCUT2D eigenvalue weighted by Gasteiger charge is -2.36. The minimum Gasteiger partial charge on any atom is -0.416 e. The van der Waals surface area contributed by atoms with Crippen LogP contribution in [0.3, 0.4) is 0 Å². The predicted molar refractivity (Wildman–Crippen MR) is 73.0 cm³/mol. The summed E-state index contributed by atoms with van der Waals surface area (Å²) in [6.07, 6.45) is 2.15. The molecule has 0 atom stereocenters. The topological polar surface area (TPSA) is 9.23 Å². The van der Waals surface area contributed by atoms with Gasteiger partial charge in [0.1, 0.15) is 0 Å². The second-order valence-corrected chi connectivity index (χ2v) is 10.5. The highest BCUT2D eigenvalue weighted by Gasteiger charge is 2.36. The molecule has 0 aliphatic carbocycles. The molecule has 2 heteroatoms. The van der Waals surface area contributed by atoms with Gasteiger partial charge in [-0.2, -0.15) is 0 Å². The molecule has 0 unspecified atom stereocenters. The summed E-state index contributed by atoms with van der Waals surface area (Å²) in [5.41, 5.74) is 1.24. The Morgan fingerprint density at radius 1 is 1.12 bits per heavy atom. The quantitative estimate of drug-likeness (QED) is 0.709. The smallest absolute Gasteiger partial charge is 0.192 e. The van der Waals surface area contributed by atoms with Crippen LogP contribution < -0.4 is 0 Å². The van der Waals surface area contributed by atoms with Gasteiger partial charge in [0, 0.05) is 13.0 Å². The molecule has 0 N–H and O–H groups in total. The molecular weight excluding hydrogens is 212 g/mol. The zero-order chi connectivity index (χ0) is 12.2. The van der Waals surface area contributed by atoms with E-state index < -0.39 is 8.32 Å². The molecule has 0 saturated heterocycles. The molecule has 1 aromatic carbocycles. The van der Waals surface area contributed by atoms with E-state index in [4.69, 9.17) is 4.43 Å². The summed E-state index contributed by atoms with van der Waals surface area (Å²) in [5, 5.41) is 0.289. The van der Waals surface area contributed by atoms with Gasteiger partial charge in [-0.1, -0.05) is 51.1 Å². The van der Waals surface area contributed by atoms with Gasteiger partial charge in [-0.3, -0.25) is 0 Å². The summed E-state index contributed by atoms with van der Waals surface area (Å²) < 4.78 is 6.08. The zero-order valence-corrected chi connectivity index (χ0v) is 12.1. The summed E-state index contributed by atoms with van der Waals surface area (Å²) in [5.74, 6) is 0. The van der Waals surface area contributed by atoms with Crippen LogP contribution in [0.5, 0.6) is 0 Å². The Morgan fingerprint density at radius 3 is 2.19 bits per heavy atom. The Bertz CT molecular complexity index is 311. The number of rotatable bonds is 4. The van der Waals surface area contributed by atoms with Crippen molar-refractivity contribution in [3.8, 4) is 0 Å². The van der Waals surface area contributed by atoms with Crippen LogP contribution >= 0.6 is 0 Å². The van der Waals surface area contributed by atoms with E-state index >= 15 is 0 Å². The number of hydrogen-bond donors (Lipinski definition) is 0. The minimum absolute atomic E-state index is 0.289. The van der Waals surface area contributed by atoms with Gasteiger partial charge in [0.2, 0.25) is 0 Å². The minimum atomic E-state index is -1.59. The highest BCUT2D eigenvalue weighted by atomic mass is 28.4. The maximum atomic E-state index is 6.08. The summed E-state index contributed by atoms with van der Waals surface area (Å²) in [6.45, 7) is 12.1. The lowest BCUT2D eigenvalue weighted by molar-refractivity contribution is 0.318. The van der Waals surface area contributed by atoms with Crippen molar-refractivity contribution in [1.82, 2.24) is 0 Å². The van der Waals surface area contributed by atoms with Gasteiger partial charge in [-0.05, 0) is 23.7 Å². The zero-order valence-electron chi connectivity index (χ0n) is 11.1. The molecule has 16 heavy (non-hydrogen) atoms.